The van der Waals surface area contributed by atoms with Gasteiger partial charge in [-0.3, -0.25) is 9.97 Å². The molecule has 0 bridgehead atoms. The van der Waals surface area contributed by atoms with Gasteiger partial charge in [-0.2, -0.15) is 0 Å². The van der Waals surface area contributed by atoms with Gasteiger partial charge in [0.1, 0.15) is 19.6 Å². The van der Waals surface area contributed by atoms with Crippen molar-refractivity contribution in [3.63, 3.8) is 0 Å². The Morgan fingerprint density at radius 1 is 0.857 bits per heavy atom. The van der Waals surface area contributed by atoms with E-state index in [1.807, 2.05) is 6.20 Å². The summed E-state index contributed by atoms with van der Waals surface area (Å²) in [5.41, 5.74) is 4.44. The zero-order valence-corrected chi connectivity index (χ0v) is 17.8. The van der Waals surface area contributed by atoms with Gasteiger partial charge in [-0.15, -0.1) is 0 Å². The Hall–Kier alpha value is -2.48. The second kappa shape index (κ2) is 6.54. The molecular weight excluding hydrogens is 400 g/mol. The minimum absolute atomic E-state index is 0.571. The number of hydrogen-bond acceptors (Lipinski definition) is 6. The van der Waals surface area contributed by atoms with Gasteiger partial charge in [0.05, 0.1) is 22.9 Å². The average Bonchev–Trinajstić information content (AvgIpc) is 2.75. The molecule has 0 saturated carbocycles. The average molecular weight is 415 g/mol. The van der Waals surface area contributed by atoms with Crippen LogP contribution in [0, 0.1) is 0 Å². The third-order valence-corrected chi connectivity index (χ3v) is 9.65. The SMILES string of the molecule is c1ccc2c(c1)Cc1ncc(-c3ccc4c(c3)Sc3nccnc3[SiH2]4)nc1S2. The summed E-state index contributed by atoms with van der Waals surface area (Å²) >= 11 is 3.44. The highest BCUT2D eigenvalue weighted by Crippen LogP contribution is 2.38. The second-order valence-corrected chi connectivity index (χ2v) is 10.6. The van der Waals surface area contributed by atoms with Crippen LogP contribution in [0.5, 0.6) is 0 Å². The Morgan fingerprint density at radius 3 is 2.75 bits per heavy atom. The number of hydrogen-bond donors (Lipinski definition) is 0. The van der Waals surface area contributed by atoms with Crippen molar-refractivity contribution in [3.05, 3.63) is 72.3 Å². The molecule has 2 aliphatic heterocycles. The molecule has 134 valence electrons. The van der Waals surface area contributed by atoms with Gasteiger partial charge in [-0.1, -0.05) is 53.9 Å². The van der Waals surface area contributed by atoms with Crippen LogP contribution in [-0.2, 0) is 6.42 Å². The second-order valence-electron chi connectivity index (χ2n) is 6.80. The summed E-state index contributed by atoms with van der Waals surface area (Å²) in [6, 6.07) is 15.2. The topological polar surface area (TPSA) is 51.6 Å². The van der Waals surface area contributed by atoms with E-state index in [1.165, 1.54) is 25.9 Å². The summed E-state index contributed by atoms with van der Waals surface area (Å²) in [6.07, 6.45) is 6.34. The van der Waals surface area contributed by atoms with Gasteiger partial charge in [0.25, 0.3) is 0 Å². The van der Waals surface area contributed by atoms with Gasteiger partial charge in [-0.05, 0) is 22.9 Å². The molecule has 2 aliphatic rings. The van der Waals surface area contributed by atoms with E-state index in [-0.39, 0.29) is 0 Å². The first kappa shape index (κ1) is 16.5. The number of benzene rings is 2. The largest absolute Gasteiger partial charge is 0.262 e. The molecule has 0 fully saturated rings. The lowest BCUT2D eigenvalue weighted by molar-refractivity contribution is 0.905. The Balaban J connectivity index is 1.36. The highest BCUT2D eigenvalue weighted by molar-refractivity contribution is 8.00. The highest BCUT2D eigenvalue weighted by Gasteiger charge is 2.21. The molecule has 0 saturated heterocycles. The number of nitrogens with zero attached hydrogens (tertiary/aromatic N) is 4. The van der Waals surface area contributed by atoms with Crippen molar-refractivity contribution < 1.29 is 0 Å². The molecule has 0 aliphatic carbocycles. The molecule has 0 N–H and O–H groups in total. The van der Waals surface area contributed by atoms with Crippen molar-refractivity contribution in [2.75, 3.05) is 0 Å². The molecule has 4 aromatic rings. The summed E-state index contributed by atoms with van der Waals surface area (Å²) < 4.78 is 0. The van der Waals surface area contributed by atoms with E-state index in [2.05, 4.69) is 52.4 Å². The van der Waals surface area contributed by atoms with Crippen molar-refractivity contribution in [2.45, 2.75) is 26.3 Å². The summed E-state index contributed by atoms with van der Waals surface area (Å²) in [4.78, 5) is 21.3. The van der Waals surface area contributed by atoms with E-state index >= 15 is 0 Å². The third kappa shape index (κ3) is 2.78. The number of aromatic nitrogens is 4. The molecule has 0 unspecified atom stereocenters. The van der Waals surface area contributed by atoms with Crippen molar-refractivity contribution >= 4 is 43.5 Å². The van der Waals surface area contributed by atoms with Crippen molar-refractivity contribution in [1.82, 2.24) is 19.9 Å². The van der Waals surface area contributed by atoms with Crippen LogP contribution in [0.4, 0.5) is 0 Å². The zero-order valence-electron chi connectivity index (χ0n) is 14.8. The van der Waals surface area contributed by atoms with E-state index in [0.29, 0.717) is 0 Å². The maximum atomic E-state index is 4.95. The molecule has 4 heterocycles. The molecule has 2 aromatic heterocycles. The lowest BCUT2D eigenvalue weighted by Crippen LogP contribution is -2.36. The van der Waals surface area contributed by atoms with E-state index in [0.717, 1.165) is 33.4 Å². The third-order valence-electron chi connectivity index (χ3n) is 5.01. The molecular formula is C21H14N4S2Si. The molecule has 7 heteroatoms. The van der Waals surface area contributed by atoms with Gasteiger partial charge in [0.15, 0.2) is 0 Å². The summed E-state index contributed by atoms with van der Waals surface area (Å²) in [5.74, 6) is 0. The van der Waals surface area contributed by atoms with Crippen LogP contribution in [0.1, 0.15) is 11.3 Å². The van der Waals surface area contributed by atoms with Crippen LogP contribution in [0.25, 0.3) is 11.3 Å². The predicted octanol–water partition coefficient (Wildman–Crippen LogP) is 2.57. The summed E-state index contributed by atoms with van der Waals surface area (Å²) in [5, 5.41) is 4.70. The molecule has 28 heavy (non-hydrogen) atoms. The maximum absolute atomic E-state index is 4.95. The van der Waals surface area contributed by atoms with Gasteiger partial charge in [0.2, 0.25) is 0 Å². The molecule has 0 atom stereocenters. The zero-order chi connectivity index (χ0) is 18.5. The van der Waals surface area contributed by atoms with Gasteiger partial charge >= 0.3 is 0 Å². The summed E-state index contributed by atoms with van der Waals surface area (Å²) in [6.45, 7) is 0. The highest BCUT2D eigenvalue weighted by atomic mass is 32.2. The lowest BCUT2D eigenvalue weighted by atomic mass is 10.1. The van der Waals surface area contributed by atoms with E-state index in [4.69, 9.17) is 9.97 Å². The van der Waals surface area contributed by atoms with Crippen LogP contribution in [-0.4, -0.2) is 29.5 Å². The van der Waals surface area contributed by atoms with Crippen LogP contribution in [0.2, 0.25) is 0 Å². The lowest BCUT2D eigenvalue weighted by Gasteiger charge is -2.19. The van der Waals surface area contributed by atoms with Crippen LogP contribution in [0.3, 0.4) is 0 Å². The minimum Gasteiger partial charge on any atom is -0.262 e. The molecule has 0 amide bonds. The number of rotatable bonds is 1. The smallest absolute Gasteiger partial charge is 0.123 e. The molecule has 4 nitrogen and oxygen atoms in total. The van der Waals surface area contributed by atoms with E-state index in [1.54, 1.807) is 35.9 Å². The van der Waals surface area contributed by atoms with Crippen molar-refractivity contribution in [2.24, 2.45) is 0 Å². The predicted molar refractivity (Wildman–Crippen MR) is 115 cm³/mol. The standard InChI is InChI=1S/C21H14N4S2Si/c1-2-4-16-13(3-1)9-14-19(26-16)25-15(11-24-14)12-5-6-18-17(10-12)27-20-21(28-18)23-8-7-22-20/h1-8,10-11H,9,28H2. The Labute approximate surface area is 173 Å². The van der Waals surface area contributed by atoms with Crippen LogP contribution >= 0.6 is 23.5 Å². The van der Waals surface area contributed by atoms with Crippen LogP contribution in [0.15, 0.2) is 80.9 Å². The Morgan fingerprint density at radius 2 is 1.75 bits per heavy atom. The molecule has 6 rings (SSSR count). The molecule has 2 aromatic carbocycles. The first-order chi connectivity index (χ1) is 13.8. The monoisotopic (exact) mass is 414 g/mol. The fourth-order valence-electron chi connectivity index (χ4n) is 3.57. The molecule has 0 radical (unpaired) electrons. The van der Waals surface area contributed by atoms with Crippen LogP contribution < -0.4 is 10.5 Å². The summed E-state index contributed by atoms with van der Waals surface area (Å²) in [7, 11) is -0.571. The number of fused-ring (bicyclic) bond motifs is 4. The maximum Gasteiger partial charge on any atom is 0.123 e. The molecule has 0 spiro atoms. The van der Waals surface area contributed by atoms with Crippen molar-refractivity contribution in [3.8, 4) is 11.3 Å². The van der Waals surface area contributed by atoms with Crippen molar-refractivity contribution in [1.29, 1.82) is 0 Å². The Bertz CT molecular complexity index is 1150. The van der Waals surface area contributed by atoms with E-state index in [9.17, 15) is 0 Å². The quantitative estimate of drug-likeness (QED) is 0.386. The fraction of sp³-hybridized carbons (Fsp3) is 0.0476. The van der Waals surface area contributed by atoms with Gasteiger partial charge < -0.3 is 0 Å². The van der Waals surface area contributed by atoms with Gasteiger partial charge in [-0.25, -0.2) is 9.97 Å². The van der Waals surface area contributed by atoms with E-state index < -0.39 is 9.52 Å². The Kier molecular flexibility index (Phi) is 3.85. The fourth-order valence-corrected chi connectivity index (χ4v) is 7.64. The normalized spacial score (nSPS) is 14.7. The minimum atomic E-state index is -0.571. The van der Waals surface area contributed by atoms with Gasteiger partial charge in [0, 0.05) is 34.2 Å². The first-order valence-electron chi connectivity index (χ1n) is 9.06. The first-order valence-corrected chi connectivity index (χ1v) is 12.1.